The number of carbonyl (C=O) groups is 3. The lowest BCUT2D eigenvalue weighted by atomic mass is 9.68. The van der Waals surface area contributed by atoms with Crippen LogP contribution in [0.1, 0.15) is 5.56 Å². The molecular formula is C22H25Cl2N5O4. The highest BCUT2D eigenvalue weighted by Gasteiger charge is 2.60. The Labute approximate surface area is 203 Å². The van der Waals surface area contributed by atoms with Crippen molar-refractivity contribution in [2.75, 3.05) is 42.3 Å². The first-order valence-electron chi connectivity index (χ1n) is 10.1. The molecule has 2 saturated heterocycles. The number of nitrogens with zero attached hydrogens (tertiary/aromatic N) is 2. The van der Waals surface area contributed by atoms with Crippen LogP contribution in [0.4, 0.5) is 21.9 Å². The predicted molar refractivity (Wildman–Crippen MR) is 130 cm³/mol. The van der Waals surface area contributed by atoms with Crippen molar-refractivity contribution >= 4 is 59.7 Å². The normalized spacial score (nSPS) is 20.5. The molecule has 9 nitrogen and oxygen atoms in total. The van der Waals surface area contributed by atoms with Gasteiger partial charge in [0, 0.05) is 36.7 Å². The Morgan fingerprint density at radius 1 is 1.00 bits per heavy atom. The summed E-state index contributed by atoms with van der Waals surface area (Å²) in [6.45, 7) is 1.78. The second-order valence-electron chi connectivity index (χ2n) is 8.13. The van der Waals surface area contributed by atoms with Gasteiger partial charge in [0.1, 0.15) is 5.75 Å². The highest BCUT2D eigenvalue weighted by Crippen LogP contribution is 2.45. The fourth-order valence-corrected chi connectivity index (χ4v) is 4.99. The van der Waals surface area contributed by atoms with Crippen LogP contribution in [-0.2, 0) is 16.0 Å². The number of ether oxygens (including phenoxy) is 1. The number of nitrogens with two attached hydrogens (primary N) is 1. The molecule has 4 amide bonds. The molecule has 5 rings (SSSR count). The lowest BCUT2D eigenvalue weighted by molar-refractivity contribution is -0.146. The van der Waals surface area contributed by atoms with Crippen LogP contribution < -0.4 is 30.9 Å². The Morgan fingerprint density at radius 2 is 1.67 bits per heavy atom. The van der Waals surface area contributed by atoms with Crippen molar-refractivity contribution in [3.63, 3.8) is 0 Å². The van der Waals surface area contributed by atoms with Crippen molar-refractivity contribution in [3.8, 4) is 5.75 Å². The van der Waals surface area contributed by atoms with Gasteiger partial charge < -0.3 is 20.3 Å². The fraction of sp³-hybridized carbons (Fsp3) is 0.318. The van der Waals surface area contributed by atoms with Crippen molar-refractivity contribution < 1.29 is 19.1 Å². The highest BCUT2D eigenvalue weighted by atomic mass is 35.5. The molecule has 0 saturated carbocycles. The molecule has 33 heavy (non-hydrogen) atoms. The van der Waals surface area contributed by atoms with Crippen LogP contribution in [0.15, 0.2) is 42.5 Å². The first kappa shape index (κ1) is 24.5. The van der Waals surface area contributed by atoms with Crippen LogP contribution in [0.5, 0.6) is 5.75 Å². The van der Waals surface area contributed by atoms with Crippen LogP contribution in [0, 0.1) is 5.41 Å². The quantitative estimate of drug-likeness (QED) is 0.430. The van der Waals surface area contributed by atoms with Crippen LogP contribution in [-0.4, -0.2) is 50.6 Å². The molecule has 11 heteroatoms. The van der Waals surface area contributed by atoms with E-state index in [0.29, 0.717) is 25.3 Å². The van der Waals surface area contributed by atoms with Crippen molar-refractivity contribution in [1.82, 2.24) is 10.6 Å². The fourth-order valence-electron chi connectivity index (χ4n) is 4.99. The van der Waals surface area contributed by atoms with Gasteiger partial charge in [0.2, 0.25) is 11.8 Å². The Bertz CT molecular complexity index is 1070. The van der Waals surface area contributed by atoms with E-state index in [1.54, 1.807) is 13.2 Å². The van der Waals surface area contributed by atoms with Gasteiger partial charge in [-0.05, 0) is 54.4 Å². The number of hydrogen-bond acceptors (Lipinski definition) is 7. The maximum Gasteiger partial charge on any atom is 0.328 e. The molecular weight excluding hydrogens is 469 g/mol. The number of imide groups is 2. The number of fused-ring (bicyclic) bond motifs is 4. The summed E-state index contributed by atoms with van der Waals surface area (Å²) >= 11 is 0. The summed E-state index contributed by atoms with van der Waals surface area (Å²) in [6.07, 6.45) is 0.177. The van der Waals surface area contributed by atoms with Gasteiger partial charge in [0.15, 0.2) is 5.41 Å². The average Bonchev–Trinajstić information content (AvgIpc) is 2.76. The van der Waals surface area contributed by atoms with E-state index in [2.05, 4.69) is 20.4 Å². The third-order valence-corrected chi connectivity index (χ3v) is 6.53. The van der Waals surface area contributed by atoms with Crippen molar-refractivity contribution in [2.24, 2.45) is 5.41 Å². The van der Waals surface area contributed by atoms with Crippen molar-refractivity contribution in [3.05, 3.63) is 48.0 Å². The third kappa shape index (κ3) is 3.81. The van der Waals surface area contributed by atoms with Gasteiger partial charge >= 0.3 is 6.03 Å². The van der Waals surface area contributed by atoms with Gasteiger partial charge in [-0.25, -0.2) is 4.79 Å². The molecule has 0 aliphatic carbocycles. The van der Waals surface area contributed by atoms with E-state index in [1.807, 2.05) is 36.4 Å². The number of amides is 4. The summed E-state index contributed by atoms with van der Waals surface area (Å²) in [4.78, 5) is 42.4. The van der Waals surface area contributed by atoms with E-state index in [0.717, 1.165) is 22.7 Å². The molecule has 2 aromatic carbocycles. The zero-order valence-corrected chi connectivity index (χ0v) is 19.5. The van der Waals surface area contributed by atoms with E-state index in [9.17, 15) is 14.4 Å². The molecule has 3 heterocycles. The maximum absolute atomic E-state index is 13.2. The molecule has 1 atom stereocenters. The second kappa shape index (κ2) is 8.99. The topological polar surface area (TPSA) is 117 Å². The first-order valence-corrected chi connectivity index (χ1v) is 10.1. The smallest absolute Gasteiger partial charge is 0.328 e. The molecule has 4 N–H and O–H groups in total. The Kier molecular flexibility index (Phi) is 6.67. The number of urea groups is 1. The van der Waals surface area contributed by atoms with Gasteiger partial charge in [0.05, 0.1) is 13.2 Å². The summed E-state index contributed by atoms with van der Waals surface area (Å²) in [7, 11) is 1.62. The summed E-state index contributed by atoms with van der Waals surface area (Å²) in [6, 6.07) is 12.0. The molecule has 1 spiro atoms. The van der Waals surface area contributed by atoms with Crippen molar-refractivity contribution in [1.29, 1.82) is 0 Å². The number of nitrogens with one attached hydrogen (secondary N) is 2. The number of rotatable bonds is 2. The van der Waals surface area contributed by atoms with Gasteiger partial charge in [-0.1, -0.05) is 0 Å². The molecule has 2 fully saturated rings. The van der Waals surface area contributed by atoms with Crippen LogP contribution in [0.2, 0.25) is 0 Å². The van der Waals surface area contributed by atoms with E-state index >= 15 is 0 Å². The van der Waals surface area contributed by atoms with E-state index in [4.69, 9.17) is 10.5 Å². The minimum absolute atomic E-state index is 0. The van der Waals surface area contributed by atoms with Gasteiger partial charge in [0.25, 0.3) is 0 Å². The Hall–Kier alpha value is -3.17. The van der Waals surface area contributed by atoms with E-state index in [1.165, 1.54) is 0 Å². The zero-order chi connectivity index (χ0) is 21.8. The lowest BCUT2D eigenvalue weighted by Crippen LogP contribution is -2.74. The SMILES string of the molecule is COc1ccc(N2CCN3c4ccc(N)cc4CC4(C(=O)NC(=O)NC4=O)C3C2)cc1.Cl.Cl. The third-order valence-electron chi connectivity index (χ3n) is 6.53. The Morgan fingerprint density at radius 3 is 2.30 bits per heavy atom. The second-order valence-corrected chi connectivity index (χ2v) is 8.13. The minimum Gasteiger partial charge on any atom is -0.497 e. The van der Waals surface area contributed by atoms with Gasteiger partial charge in [-0.2, -0.15) is 0 Å². The lowest BCUT2D eigenvalue weighted by Gasteiger charge is -2.54. The molecule has 0 bridgehead atoms. The van der Waals surface area contributed by atoms with Crippen LogP contribution >= 0.6 is 24.8 Å². The maximum atomic E-state index is 13.2. The molecule has 176 valence electrons. The van der Waals surface area contributed by atoms with Crippen LogP contribution in [0.25, 0.3) is 0 Å². The molecule has 1 unspecified atom stereocenters. The predicted octanol–water partition coefficient (Wildman–Crippen LogP) is 1.72. The molecule has 3 aliphatic heterocycles. The molecule has 0 radical (unpaired) electrons. The number of piperazine rings is 1. The van der Waals surface area contributed by atoms with Gasteiger partial charge in [-0.15, -0.1) is 24.8 Å². The van der Waals surface area contributed by atoms with Crippen molar-refractivity contribution in [2.45, 2.75) is 12.5 Å². The number of methoxy groups -OCH3 is 1. The van der Waals surface area contributed by atoms with Crippen LogP contribution in [0.3, 0.4) is 0 Å². The molecule has 3 aliphatic rings. The minimum atomic E-state index is -1.43. The zero-order valence-electron chi connectivity index (χ0n) is 17.9. The summed E-state index contributed by atoms with van der Waals surface area (Å²) in [5.74, 6) is -0.380. The highest BCUT2D eigenvalue weighted by molar-refractivity contribution is 6.20. The summed E-state index contributed by atoms with van der Waals surface area (Å²) in [5.41, 5.74) is 7.90. The number of hydrogen-bond donors (Lipinski definition) is 3. The standard InChI is InChI=1S/C22H23N5O4.2ClH/c1-31-16-5-3-15(4-6-16)26-8-9-27-17-7-2-14(23)10-13(17)11-22(18(27)12-26)19(28)24-21(30)25-20(22)29;;/h2-7,10,18H,8-9,11-12,23H2,1H3,(H2,24,25,28,29,30);2*1H. The largest absolute Gasteiger partial charge is 0.497 e. The number of barbiturate groups is 1. The first-order chi connectivity index (χ1) is 14.9. The molecule has 0 aromatic heterocycles. The number of halogens is 2. The number of carbonyl (C=O) groups excluding carboxylic acids is 3. The average molecular weight is 494 g/mol. The number of anilines is 3. The summed E-state index contributed by atoms with van der Waals surface area (Å²) in [5, 5.41) is 4.63. The Balaban J connectivity index is 0.00000153. The van der Waals surface area contributed by atoms with Gasteiger partial charge in [-0.3, -0.25) is 20.2 Å². The molecule has 2 aromatic rings. The van der Waals surface area contributed by atoms with E-state index in [-0.39, 0.29) is 31.2 Å². The number of nitrogen functional groups attached to an aromatic ring is 1. The number of benzene rings is 2. The monoisotopic (exact) mass is 493 g/mol. The van der Waals surface area contributed by atoms with E-state index < -0.39 is 29.3 Å². The summed E-state index contributed by atoms with van der Waals surface area (Å²) < 4.78 is 5.24.